The van der Waals surface area contributed by atoms with Gasteiger partial charge in [-0.2, -0.15) is 0 Å². The summed E-state index contributed by atoms with van der Waals surface area (Å²) in [5.41, 5.74) is 8.58. The Kier molecular flexibility index (Phi) is 4.23. The topological polar surface area (TPSA) is 32.5 Å². The molecule has 106 valence electrons. The van der Waals surface area contributed by atoms with E-state index in [4.69, 9.17) is 5.73 Å². The lowest BCUT2D eigenvalue weighted by molar-refractivity contribution is 0.139. The van der Waals surface area contributed by atoms with Crippen molar-refractivity contribution in [2.24, 2.45) is 5.73 Å². The summed E-state index contributed by atoms with van der Waals surface area (Å²) in [6.07, 6.45) is 0. The molecule has 1 aliphatic rings. The van der Waals surface area contributed by atoms with Crippen LogP contribution in [0.1, 0.15) is 32.4 Å². The minimum atomic E-state index is 0.0780. The lowest BCUT2D eigenvalue weighted by Gasteiger charge is -2.46. The van der Waals surface area contributed by atoms with E-state index in [1.54, 1.807) is 0 Å². The number of benzene rings is 1. The number of nitrogens with zero attached hydrogens (tertiary/aromatic N) is 2. The predicted molar refractivity (Wildman–Crippen MR) is 85.7 cm³/mol. The largest absolute Gasteiger partial charge is 0.368 e. The van der Waals surface area contributed by atoms with Crippen molar-refractivity contribution in [2.45, 2.75) is 32.4 Å². The number of piperazine rings is 1. The molecule has 0 bridgehead atoms. The summed E-state index contributed by atoms with van der Waals surface area (Å²) in [5.74, 6) is 0. The van der Waals surface area contributed by atoms with Gasteiger partial charge >= 0.3 is 0 Å². The summed E-state index contributed by atoms with van der Waals surface area (Å²) < 4.78 is 1.14. The van der Waals surface area contributed by atoms with Crippen LogP contribution in [0.15, 0.2) is 22.7 Å². The summed E-state index contributed by atoms with van der Waals surface area (Å²) in [6, 6.07) is 6.54. The van der Waals surface area contributed by atoms with Gasteiger partial charge in [-0.15, -0.1) is 0 Å². The maximum atomic E-state index is 5.93. The van der Waals surface area contributed by atoms with Crippen LogP contribution in [-0.2, 0) is 0 Å². The smallest absolute Gasteiger partial charge is 0.0511 e. The van der Waals surface area contributed by atoms with Gasteiger partial charge in [-0.25, -0.2) is 0 Å². The van der Waals surface area contributed by atoms with Gasteiger partial charge in [0.2, 0.25) is 0 Å². The Morgan fingerprint density at radius 1 is 1.32 bits per heavy atom. The fourth-order valence-electron chi connectivity index (χ4n) is 2.51. The van der Waals surface area contributed by atoms with Crippen molar-refractivity contribution in [1.29, 1.82) is 0 Å². The molecule has 2 N–H and O–H groups in total. The van der Waals surface area contributed by atoms with Crippen molar-refractivity contribution in [1.82, 2.24) is 4.90 Å². The van der Waals surface area contributed by atoms with Crippen molar-refractivity contribution in [2.75, 3.05) is 31.6 Å². The maximum absolute atomic E-state index is 5.93. The standard InChI is InChI=1S/C15H24BrN3/c1-11(17)12-5-6-14(13(16)9-12)19-8-7-18(4)15(2,3)10-19/h5-6,9,11H,7-8,10,17H2,1-4H3/t11-/m1/s1. The highest BCUT2D eigenvalue weighted by Crippen LogP contribution is 2.32. The zero-order valence-corrected chi connectivity index (χ0v) is 13.9. The van der Waals surface area contributed by atoms with Gasteiger partial charge in [0, 0.05) is 35.7 Å². The molecule has 1 heterocycles. The van der Waals surface area contributed by atoms with Crippen molar-refractivity contribution in [3.8, 4) is 0 Å². The van der Waals surface area contributed by atoms with Crippen LogP contribution in [-0.4, -0.2) is 37.1 Å². The summed E-state index contributed by atoms with van der Waals surface area (Å²) in [6.45, 7) is 9.80. The molecule has 1 aromatic carbocycles. The Balaban J connectivity index is 2.23. The molecule has 0 saturated carbocycles. The highest BCUT2D eigenvalue weighted by Gasteiger charge is 2.31. The molecule has 1 aromatic rings. The Hall–Kier alpha value is -0.580. The third-order valence-electron chi connectivity index (χ3n) is 4.15. The highest BCUT2D eigenvalue weighted by molar-refractivity contribution is 9.10. The summed E-state index contributed by atoms with van der Waals surface area (Å²) in [4.78, 5) is 4.88. The Bertz CT molecular complexity index is 457. The van der Waals surface area contributed by atoms with Crippen molar-refractivity contribution < 1.29 is 0 Å². The van der Waals surface area contributed by atoms with Crippen LogP contribution >= 0.6 is 15.9 Å². The van der Waals surface area contributed by atoms with Crippen LogP contribution in [0.4, 0.5) is 5.69 Å². The van der Waals surface area contributed by atoms with Crippen molar-refractivity contribution in [3.05, 3.63) is 28.2 Å². The molecule has 2 rings (SSSR count). The van der Waals surface area contributed by atoms with E-state index in [1.165, 1.54) is 11.3 Å². The lowest BCUT2D eigenvalue weighted by atomic mass is 9.99. The van der Waals surface area contributed by atoms with Crippen LogP contribution < -0.4 is 10.6 Å². The number of likely N-dealkylation sites (N-methyl/N-ethyl adjacent to an activating group) is 1. The van der Waals surface area contributed by atoms with Crippen molar-refractivity contribution in [3.63, 3.8) is 0 Å². The van der Waals surface area contributed by atoms with Gasteiger partial charge in [0.25, 0.3) is 0 Å². The average Bonchev–Trinajstić information content (AvgIpc) is 2.32. The second-order valence-electron chi connectivity index (χ2n) is 6.16. The first kappa shape index (κ1) is 14.8. The molecule has 0 amide bonds. The van der Waals surface area contributed by atoms with Crippen LogP contribution in [0.2, 0.25) is 0 Å². The monoisotopic (exact) mass is 325 g/mol. The lowest BCUT2D eigenvalue weighted by Crippen LogP contribution is -2.57. The van der Waals surface area contributed by atoms with Crippen LogP contribution in [0.5, 0.6) is 0 Å². The van der Waals surface area contributed by atoms with E-state index in [0.717, 1.165) is 24.1 Å². The third kappa shape index (κ3) is 3.12. The Morgan fingerprint density at radius 3 is 2.53 bits per heavy atom. The first-order valence-corrected chi connectivity index (χ1v) is 7.62. The fraction of sp³-hybridized carbons (Fsp3) is 0.600. The summed E-state index contributed by atoms with van der Waals surface area (Å²) >= 11 is 3.69. The van der Waals surface area contributed by atoms with Gasteiger partial charge in [-0.1, -0.05) is 6.07 Å². The number of halogens is 1. The molecule has 1 fully saturated rings. The van der Waals surface area contributed by atoms with Crippen LogP contribution in [0.25, 0.3) is 0 Å². The third-order valence-corrected chi connectivity index (χ3v) is 4.79. The van der Waals surface area contributed by atoms with Gasteiger partial charge in [-0.3, -0.25) is 4.90 Å². The number of anilines is 1. The Morgan fingerprint density at radius 2 is 2.00 bits per heavy atom. The molecule has 1 aliphatic heterocycles. The normalized spacial score (nSPS) is 21.5. The minimum absolute atomic E-state index is 0.0780. The maximum Gasteiger partial charge on any atom is 0.0511 e. The molecule has 0 aliphatic carbocycles. The molecule has 3 nitrogen and oxygen atoms in total. The zero-order valence-electron chi connectivity index (χ0n) is 12.3. The van der Waals surface area contributed by atoms with Crippen molar-refractivity contribution >= 4 is 21.6 Å². The first-order valence-electron chi connectivity index (χ1n) is 6.82. The molecule has 0 unspecified atom stereocenters. The molecule has 1 atom stereocenters. The van der Waals surface area contributed by atoms with E-state index in [9.17, 15) is 0 Å². The predicted octanol–water partition coefficient (Wildman–Crippen LogP) is 3.00. The van der Waals surface area contributed by atoms with Gasteiger partial charge < -0.3 is 10.6 Å². The minimum Gasteiger partial charge on any atom is -0.368 e. The second kappa shape index (κ2) is 5.43. The van der Waals surface area contributed by atoms with E-state index in [2.05, 4.69) is 64.8 Å². The van der Waals surface area contributed by atoms with Crippen LogP contribution in [0, 0.1) is 0 Å². The number of hydrogen-bond donors (Lipinski definition) is 1. The molecular formula is C15H24BrN3. The van der Waals surface area contributed by atoms with E-state index < -0.39 is 0 Å². The van der Waals surface area contributed by atoms with Crippen LogP contribution in [0.3, 0.4) is 0 Å². The van der Waals surface area contributed by atoms with E-state index in [1.807, 2.05) is 6.92 Å². The van der Waals surface area contributed by atoms with E-state index >= 15 is 0 Å². The molecule has 19 heavy (non-hydrogen) atoms. The van der Waals surface area contributed by atoms with Gasteiger partial charge in [0.1, 0.15) is 0 Å². The molecular weight excluding hydrogens is 302 g/mol. The second-order valence-corrected chi connectivity index (χ2v) is 7.01. The summed E-state index contributed by atoms with van der Waals surface area (Å²) in [7, 11) is 2.20. The number of hydrogen-bond acceptors (Lipinski definition) is 3. The Labute approximate surface area is 124 Å². The molecule has 1 saturated heterocycles. The molecule has 4 heteroatoms. The average molecular weight is 326 g/mol. The highest BCUT2D eigenvalue weighted by atomic mass is 79.9. The molecule has 0 radical (unpaired) electrons. The number of rotatable bonds is 2. The van der Waals surface area contributed by atoms with Gasteiger partial charge in [-0.05, 0) is 61.4 Å². The number of nitrogens with two attached hydrogens (primary N) is 1. The first-order chi connectivity index (χ1) is 8.81. The summed E-state index contributed by atoms with van der Waals surface area (Å²) in [5, 5.41) is 0. The SMILES string of the molecule is C[C@@H](N)c1ccc(N2CCN(C)C(C)(C)C2)c(Br)c1. The van der Waals surface area contributed by atoms with Gasteiger partial charge in [0.15, 0.2) is 0 Å². The molecule has 0 aromatic heterocycles. The quantitative estimate of drug-likeness (QED) is 0.907. The van der Waals surface area contributed by atoms with Gasteiger partial charge in [0.05, 0.1) is 5.69 Å². The molecule has 0 spiro atoms. The fourth-order valence-corrected chi connectivity index (χ4v) is 3.16. The zero-order chi connectivity index (χ0) is 14.2. The van der Waals surface area contributed by atoms with E-state index in [0.29, 0.717) is 0 Å². The van der Waals surface area contributed by atoms with E-state index in [-0.39, 0.29) is 11.6 Å².